The third-order valence-electron chi connectivity index (χ3n) is 5.34. The molecule has 0 unspecified atom stereocenters. The first-order valence-electron chi connectivity index (χ1n) is 10.7. The Morgan fingerprint density at radius 1 is 1.27 bits per heavy atom. The van der Waals surface area contributed by atoms with E-state index in [1.807, 2.05) is 0 Å². The fourth-order valence-corrected chi connectivity index (χ4v) is 3.59. The van der Waals surface area contributed by atoms with E-state index in [2.05, 4.69) is 5.32 Å². The maximum absolute atomic E-state index is 13.0. The van der Waals surface area contributed by atoms with Crippen molar-refractivity contribution in [2.24, 2.45) is 5.73 Å². The largest absolute Gasteiger partial charge is 0.488 e. The Hall–Kier alpha value is -3.02. The van der Waals surface area contributed by atoms with Crippen LogP contribution in [-0.4, -0.2) is 61.5 Å². The first kappa shape index (κ1) is 23.1. The third-order valence-corrected chi connectivity index (χ3v) is 5.34. The molecule has 2 aliphatic heterocycles. The van der Waals surface area contributed by atoms with E-state index >= 15 is 0 Å². The van der Waals surface area contributed by atoms with Gasteiger partial charge in [-0.15, -0.1) is 0 Å². The Balaban J connectivity index is 1.38. The van der Waals surface area contributed by atoms with Gasteiger partial charge in [0.1, 0.15) is 12.4 Å². The fraction of sp³-hybridized carbons (Fsp3) is 0.391. The van der Waals surface area contributed by atoms with Crippen molar-refractivity contribution in [2.75, 3.05) is 30.0 Å². The molecule has 2 aliphatic rings. The summed E-state index contributed by atoms with van der Waals surface area (Å²) in [6.45, 7) is 2.84. The highest BCUT2D eigenvalue weighted by Gasteiger charge is 2.39. The molecular formula is C23H27N3O7. The van der Waals surface area contributed by atoms with Crippen LogP contribution in [0.5, 0.6) is 5.75 Å². The minimum Gasteiger partial charge on any atom is -0.488 e. The SMILES string of the molecule is CC1OC(COc2cccc(N3CCO[C@H]([C@@H](O)C(=O)Nc4ccc(CN)cc4)C3=O)c2)O1. The van der Waals surface area contributed by atoms with Gasteiger partial charge in [0.15, 0.2) is 24.8 Å². The van der Waals surface area contributed by atoms with Gasteiger partial charge in [-0.2, -0.15) is 0 Å². The molecule has 2 fully saturated rings. The summed E-state index contributed by atoms with van der Waals surface area (Å²) in [7, 11) is 0. The molecule has 10 nitrogen and oxygen atoms in total. The molecule has 2 atom stereocenters. The summed E-state index contributed by atoms with van der Waals surface area (Å²) in [6.07, 6.45) is -3.66. The van der Waals surface area contributed by atoms with Crippen LogP contribution in [0.2, 0.25) is 0 Å². The smallest absolute Gasteiger partial charge is 0.259 e. The standard InChI is InChI=1S/C23H27N3O7/c1-14-32-19(33-14)13-31-18-4-2-3-17(11-18)26-9-10-30-21(23(26)29)20(27)22(28)25-16-7-5-15(12-24)6-8-16/h2-8,11,14,19-21,27H,9-10,12-13,24H2,1H3,(H,25,28)/t14?,19?,20-,21-/m1/s1. The van der Waals surface area contributed by atoms with Crippen LogP contribution in [0, 0.1) is 0 Å². The Labute approximate surface area is 191 Å². The van der Waals surface area contributed by atoms with Gasteiger partial charge < -0.3 is 40.0 Å². The molecule has 33 heavy (non-hydrogen) atoms. The number of ether oxygens (including phenoxy) is 4. The minimum atomic E-state index is -1.68. The van der Waals surface area contributed by atoms with Gasteiger partial charge in [0.05, 0.1) is 6.61 Å². The second kappa shape index (κ2) is 10.3. The monoisotopic (exact) mass is 457 g/mol. The van der Waals surface area contributed by atoms with Crippen LogP contribution in [0.15, 0.2) is 48.5 Å². The molecular weight excluding hydrogens is 430 g/mol. The molecule has 0 aliphatic carbocycles. The number of nitrogens with one attached hydrogen (secondary N) is 1. The summed E-state index contributed by atoms with van der Waals surface area (Å²) in [5.41, 5.74) is 7.53. The van der Waals surface area contributed by atoms with Gasteiger partial charge >= 0.3 is 0 Å². The van der Waals surface area contributed by atoms with Crippen LogP contribution in [0.3, 0.4) is 0 Å². The second-order valence-corrected chi connectivity index (χ2v) is 7.69. The number of aliphatic hydroxyl groups excluding tert-OH is 1. The highest BCUT2D eigenvalue weighted by molar-refractivity contribution is 6.03. The van der Waals surface area contributed by atoms with E-state index in [4.69, 9.17) is 24.7 Å². The van der Waals surface area contributed by atoms with Crippen molar-refractivity contribution in [3.63, 3.8) is 0 Å². The molecule has 0 spiro atoms. The van der Waals surface area contributed by atoms with Crippen LogP contribution >= 0.6 is 0 Å². The zero-order valence-corrected chi connectivity index (χ0v) is 18.2. The number of benzene rings is 2. The lowest BCUT2D eigenvalue weighted by atomic mass is 10.1. The lowest BCUT2D eigenvalue weighted by Gasteiger charge is -2.34. The van der Waals surface area contributed by atoms with Gasteiger partial charge in [-0.1, -0.05) is 18.2 Å². The van der Waals surface area contributed by atoms with E-state index in [1.165, 1.54) is 4.90 Å². The van der Waals surface area contributed by atoms with Gasteiger partial charge in [-0.05, 0) is 36.8 Å². The maximum Gasteiger partial charge on any atom is 0.259 e. The van der Waals surface area contributed by atoms with Crippen molar-refractivity contribution in [3.8, 4) is 5.75 Å². The molecule has 2 heterocycles. The third kappa shape index (κ3) is 5.49. The molecule has 10 heteroatoms. The molecule has 2 aromatic carbocycles. The average Bonchev–Trinajstić information content (AvgIpc) is 2.81. The lowest BCUT2D eigenvalue weighted by molar-refractivity contribution is -0.380. The van der Waals surface area contributed by atoms with Crippen LogP contribution in [-0.2, 0) is 30.3 Å². The van der Waals surface area contributed by atoms with Crippen molar-refractivity contribution in [2.45, 2.75) is 38.3 Å². The van der Waals surface area contributed by atoms with E-state index < -0.39 is 30.3 Å². The molecule has 2 saturated heterocycles. The predicted molar refractivity (Wildman–Crippen MR) is 118 cm³/mol. The zero-order valence-electron chi connectivity index (χ0n) is 18.2. The van der Waals surface area contributed by atoms with E-state index in [1.54, 1.807) is 55.5 Å². The van der Waals surface area contributed by atoms with E-state index in [0.717, 1.165) is 5.56 Å². The number of carbonyl (C=O) groups excluding carboxylic acids is 2. The summed E-state index contributed by atoms with van der Waals surface area (Å²) in [5, 5.41) is 13.1. The molecule has 0 radical (unpaired) electrons. The Bertz CT molecular complexity index is 978. The number of hydrogen-bond acceptors (Lipinski definition) is 8. The molecule has 2 amide bonds. The predicted octanol–water partition coefficient (Wildman–Crippen LogP) is 0.974. The summed E-state index contributed by atoms with van der Waals surface area (Å²) in [5.74, 6) is -0.712. The van der Waals surface area contributed by atoms with Crippen molar-refractivity contribution in [1.29, 1.82) is 0 Å². The first-order chi connectivity index (χ1) is 15.9. The first-order valence-corrected chi connectivity index (χ1v) is 10.7. The van der Waals surface area contributed by atoms with E-state index in [0.29, 0.717) is 23.7 Å². The van der Waals surface area contributed by atoms with Gasteiger partial charge in [-0.25, -0.2) is 0 Å². The number of nitrogens with two attached hydrogens (primary N) is 1. The molecule has 4 rings (SSSR count). The zero-order chi connectivity index (χ0) is 23.4. The van der Waals surface area contributed by atoms with Crippen molar-refractivity contribution >= 4 is 23.2 Å². The van der Waals surface area contributed by atoms with Gasteiger partial charge in [-0.3, -0.25) is 9.59 Å². The van der Waals surface area contributed by atoms with E-state index in [-0.39, 0.29) is 26.0 Å². The topological polar surface area (TPSA) is 133 Å². The average molecular weight is 457 g/mol. The summed E-state index contributed by atoms with van der Waals surface area (Å²) in [4.78, 5) is 27.0. The highest BCUT2D eigenvalue weighted by Crippen LogP contribution is 2.26. The molecule has 4 N–H and O–H groups in total. The number of hydrogen-bond donors (Lipinski definition) is 3. The normalized spacial score (nSPS) is 23.5. The maximum atomic E-state index is 13.0. The lowest BCUT2D eigenvalue weighted by Crippen LogP contribution is -2.55. The van der Waals surface area contributed by atoms with E-state index in [9.17, 15) is 14.7 Å². The number of nitrogens with zero attached hydrogens (tertiary/aromatic N) is 1. The number of amides is 2. The summed E-state index contributed by atoms with van der Waals surface area (Å²) < 4.78 is 21.8. The van der Waals surface area contributed by atoms with Crippen molar-refractivity contribution in [1.82, 2.24) is 0 Å². The van der Waals surface area contributed by atoms with Crippen molar-refractivity contribution < 1.29 is 33.6 Å². The molecule has 0 saturated carbocycles. The Kier molecular flexibility index (Phi) is 7.21. The molecule has 176 valence electrons. The summed E-state index contributed by atoms with van der Waals surface area (Å²) in [6, 6.07) is 13.8. The Morgan fingerprint density at radius 3 is 2.73 bits per heavy atom. The quantitative estimate of drug-likeness (QED) is 0.534. The number of rotatable bonds is 8. The molecule has 0 bridgehead atoms. The van der Waals surface area contributed by atoms with Crippen molar-refractivity contribution in [3.05, 3.63) is 54.1 Å². The van der Waals surface area contributed by atoms with Crippen LogP contribution in [0.4, 0.5) is 11.4 Å². The minimum absolute atomic E-state index is 0.165. The van der Waals surface area contributed by atoms with Crippen LogP contribution in [0.1, 0.15) is 12.5 Å². The summed E-state index contributed by atoms with van der Waals surface area (Å²) >= 11 is 0. The molecule has 2 aromatic rings. The second-order valence-electron chi connectivity index (χ2n) is 7.69. The number of aliphatic hydroxyl groups is 1. The Morgan fingerprint density at radius 2 is 2.03 bits per heavy atom. The fourth-order valence-electron chi connectivity index (χ4n) is 3.59. The van der Waals surface area contributed by atoms with Crippen LogP contribution in [0.25, 0.3) is 0 Å². The van der Waals surface area contributed by atoms with Crippen LogP contribution < -0.4 is 20.7 Å². The van der Waals surface area contributed by atoms with Gasteiger partial charge in [0, 0.05) is 30.5 Å². The van der Waals surface area contributed by atoms with Gasteiger partial charge in [0.25, 0.3) is 11.8 Å². The number of carbonyl (C=O) groups is 2. The molecule has 0 aromatic heterocycles. The number of morpholine rings is 1. The number of anilines is 2. The van der Waals surface area contributed by atoms with Gasteiger partial charge in [0.2, 0.25) is 0 Å². The highest BCUT2D eigenvalue weighted by atomic mass is 16.9.